The van der Waals surface area contributed by atoms with Crippen molar-refractivity contribution < 1.29 is 9.53 Å². The van der Waals surface area contributed by atoms with E-state index in [9.17, 15) is 10.1 Å². The van der Waals surface area contributed by atoms with Crippen LogP contribution in [0, 0.1) is 11.3 Å². The van der Waals surface area contributed by atoms with Gasteiger partial charge < -0.3 is 15.0 Å². The van der Waals surface area contributed by atoms with Crippen molar-refractivity contribution in [2.45, 2.75) is 64.5 Å². The van der Waals surface area contributed by atoms with Crippen LogP contribution >= 0.6 is 0 Å². The number of amides is 1. The molecule has 0 spiro atoms. The number of ether oxygens (including phenoxy) is 1. The van der Waals surface area contributed by atoms with E-state index < -0.39 is 0 Å². The highest BCUT2D eigenvalue weighted by molar-refractivity contribution is 5.97. The Kier molecular flexibility index (Phi) is 8.61. The molecule has 1 fully saturated rings. The minimum Gasteiger partial charge on any atom is -0.390 e. The number of hydrogen-bond donors (Lipinski definition) is 1. The van der Waals surface area contributed by atoms with Crippen LogP contribution in [0.1, 0.15) is 52.4 Å². The molecule has 0 aliphatic heterocycles. The number of hydrogen-bond acceptors (Lipinski definition) is 4. The molecule has 1 aliphatic rings. The topological polar surface area (TPSA) is 65.4 Å². The van der Waals surface area contributed by atoms with Crippen molar-refractivity contribution in [3.63, 3.8) is 0 Å². The van der Waals surface area contributed by atoms with Crippen molar-refractivity contribution in [3.8, 4) is 6.07 Å². The Morgan fingerprint density at radius 2 is 2.09 bits per heavy atom. The van der Waals surface area contributed by atoms with E-state index in [1.807, 2.05) is 19.9 Å². The Labute approximate surface area is 134 Å². The Hall–Kier alpha value is -1.54. The summed E-state index contributed by atoms with van der Waals surface area (Å²) in [5, 5.41) is 12.2. The van der Waals surface area contributed by atoms with Crippen LogP contribution in [0.5, 0.6) is 0 Å². The van der Waals surface area contributed by atoms with Crippen molar-refractivity contribution in [2.24, 2.45) is 0 Å². The third-order valence-corrected chi connectivity index (χ3v) is 3.96. The van der Waals surface area contributed by atoms with Gasteiger partial charge in [-0.05, 0) is 33.1 Å². The minimum absolute atomic E-state index is 0.179. The van der Waals surface area contributed by atoms with Crippen molar-refractivity contribution >= 4 is 5.91 Å². The monoisotopic (exact) mass is 307 g/mol. The fourth-order valence-electron chi connectivity index (χ4n) is 2.63. The van der Waals surface area contributed by atoms with Crippen LogP contribution in [-0.4, -0.2) is 43.2 Å². The van der Waals surface area contributed by atoms with Crippen molar-refractivity contribution in [3.05, 3.63) is 11.8 Å². The van der Waals surface area contributed by atoms with E-state index in [1.54, 1.807) is 11.9 Å². The summed E-state index contributed by atoms with van der Waals surface area (Å²) in [6.07, 6.45) is 8.29. The number of nitrogens with zero attached hydrogens (tertiary/aromatic N) is 2. The molecule has 0 heterocycles. The lowest BCUT2D eigenvalue weighted by Crippen LogP contribution is -2.39. The molecule has 0 aromatic rings. The zero-order valence-corrected chi connectivity index (χ0v) is 14.1. The quantitative estimate of drug-likeness (QED) is 0.425. The molecule has 0 unspecified atom stereocenters. The Morgan fingerprint density at radius 1 is 1.41 bits per heavy atom. The Balaban J connectivity index is 2.39. The van der Waals surface area contributed by atoms with Crippen LogP contribution in [0.3, 0.4) is 0 Å². The van der Waals surface area contributed by atoms with Gasteiger partial charge in [0.2, 0.25) is 0 Å². The molecule has 0 aromatic carbocycles. The van der Waals surface area contributed by atoms with E-state index in [0.29, 0.717) is 13.2 Å². The third kappa shape index (κ3) is 6.48. The van der Waals surface area contributed by atoms with Crippen LogP contribution in [0.25, 0.3) is 0 Å². The second-order valence-electron chi connectivity index (χ2n) is 6.10. The van der Waals surface area contributed by atoms with Crippen LogP contribution in [-0.2, 0) is 9.53 Å². The van der Waals surface area contributed by atoms with Gasteiger partial charge in [-0.2, -0.15) is 5.26 Å². The van der Waals surface area contributed by atoms with Gasteiger partial charge in [-0.25, -0.2) is 0 Å². The summed E-state index contributed by atoms with van der Waals surface area (Å²) in [7, 11) is 1.81. The molecule has 5 nitrogen and oxygen atoms in total. The number of carbonyl (C=O) groups is 1. The first-order chi connectivity index (χ1) is 10.6. The zero-order chi connectivity index (χ0) is 16.4. The summed E-state index contributed by atoms with van der Waals surface area (Å²) in [5.74, 6) is -0.180. The zero-order valence-electron chi connectivity index (χ0n) is 14.1. The standard InChI is InChI=1S/C17H29N3O2/c1-14(2)22-11-7-10-19-13-15(12-18)17(21)20(3)16-8-5-4-6-9-16/h13-14,16,19H,4-11H2,1-3H3/b15-13-. The molecular weight excluding hydrogens is 278 g/mol. The maximum Gasteiger partial charge on any atom is 0.265 e. The number of nitriles is 1. The first-order valence-electron chi connectivity index (χ1n) is 8.28. The van der Waals surface area contributed by atoms with Gasteiger partial charge in [0.25, 0.3) is 5.91 Å². The van der Waals surface area contributed by atoms with Gasteiger partial charge in [-0.15, -0.1) is 0 Å². The molecule has 0 atom stereocenters. The van der Waals surface area contributed by atoms with Gasteiger partial charge in [0, 0.05) is 32.4 Å². The highest BCUT2D eigenvalue weighted by atomic mass is 16.5. The summed E-state index contributed by atoms with van der Waals surface area (Å²) in [6.45, 7) is 5.37. The van der Waals surface area contributed by atoms with E-state index in [-0.39, 0.29) is 23.6 Å². The van der Waals surface area contributed by atoms with Gasteiger partial charge in [0.15, 0.2) is 0 Å². The van der Waals surface area contributed by atoms with E-state index in [1.165, 1.54) is 25.5 Å². The minimum atomic E-state index is -0.180. The van der Waals surface area contributed by atoms with Crippen molar-refractivity contribution in [1.82, 2.24) is 10.2 Å². The van der Waals surface area contributed by atoms with Gasteiger partial charge in [-0.1, -0.05) is 19.3 Å². The molecule has 22 heavy (non-hydrogen) atoms. The molecule has 0 aromatic heterocycles. The Bertz CT molecular complexity index is 407. The molecule has 0 radical (unpaired) electrons. The first kappa shape index (κ1) is 18.5. The van der Waals surface area contributed by atoms with E-state index in [0.717, 1.165) is 19.3 Å². The largest absolute Gasteiger partial charge is 0.390 e. The lowest BCUT2D eigenvalue weighted by Gasteiger charge is -2.31. The smallest absolute Gasteiger partial charge is 0.265 e. The average Bonchev–Trinajstić information content (AvgIpc) is 2.53. The molecule has 5 heteroatoms. The van der Waals surface area contributed by atoms with Crippen molar-refractivity contribution in [1.29, 1.82) is 5.26 Å². The molecule has 1 aliphatic carbocycles. The van der Waals surface area contributed by atoms with Crippen LogP contribution < -0.4 is 5.32 Å². The van der Waals surface area contributed by atoms with E-state index in [4.69, 9.17) is 4.74 Å². The molecule has 0 bridgehead atoms. The van der Waals surface area contributed by atoms with Crippen LogP contribution in [0.4, 0.5) is 0 Å². The second-order valence-corrected chi connectivity index (χ2v) is 6.10. The molecule has 1 rings (SSSR count). The number of likely N-dealkylation sites (N-methyl/N-ethyl adjacent to an activating group) is 1. The first-order valence-corrected chi connectivity index (χ1v) is 8.28. The van der Waals surface area contributed by atoms with Gasteiger partial charge in [-0.3, -0.25) is 4.79 Å². The lowest BCUT2D eigenvalue weighted by molar-refractivity contribution is -0.128. The summed E-state index contributed by atoms with van der Waals surface area (Å²) in [5.41, 5.74) is 0.179. The molecule has 1 N–H and O–H groups in total. The molecular formula is C17H29N3O2. The van der Waals surface area contributed by atoms with Gasteiger partial charge in [0.1, 0.15) is 11.6 Å². The summed E-state index contributed by atoms with van der Waals surface area (Å²) < 4.78 is 5.44. The van der Waals surface area contributed by atoms with Crippen molar-refractivity contribution in [2.75, 3.05) is 20.2 Å². The van der Waals surface area contributed by atoms with Gasteiger partial charge in [0.05, 0.1) is 6.10 Å². The predicted octanol–water partition coefficient (Wildman–Crippen LogP) is 2.59. The van der Waals surface area contributed by atoms with Gasteiger partial charge >= 0.3 is 0 Å². The Morgan fingerprint density at radius 3 is 2.68 bits per heavy atom. The lowest BCUT2D eigenvalue weighted by atomic mass is 9.94. The van der Waals surface area contributed by atoms with E-state index in [2.05, 4.69) is 5.32 Å². The number of rotatable bonds is 8. The SMILES string of the molecule is CC(C)OCCCN/C=C(/C#N)C(=O)N(C)C1CCCCC1. The fourth-order valence-corrected chi connectivity index (χ4v) is 2.63. The molecule has 1 saturated carbocycles. The maximum absolute atomic E-state index is 12.4. The number of carbonyl (C=O) groups excluding carboxylic acids is 1. The third-order valence-electron chi connectivity index (χ3n) is 3.96. The fraction of sp³-hybridized carbons (Fsp3) is 0.765. The van der Waals surface area contributed by atoms with Crippen LogP contribution in [0.15, 0.2) is 11.8 Å². The predicted molar refractivity (Wildman–Crippen MR) is 87.0 cm³/mol. The average molecular weight is 307 g/mol. The normalized spacial score (nSPS) is 16.4. The molecule has 0 saturated heterocycles. The number of nitrogens with one attached hydrogen (secondary N) is 1. The van der Waals surface area contributed by atoms with E-state index >= 15 is 0 Å². The maximum atomic E-state index is 12.4. The second kappa shape index (κ2) is 10.2. The summed E-state index contributed by atoms with van der Waals surface area (Å²) in [6, 6.07) is 2.28. The van der Waals surface area contributed by atoms with Crippen LogP contribution in [0.2, 0.25) is 0 Å². The summed E-state index contributed by atoms with van der Waals surface area (Å²) in [4.78, 5) is 14.1. The molecule has 124 valence electrons. The highest BCUT2D eigenvalue weighted by Gasteiger charge is 2.24. The molecule has 1 amide bonds. The highest BCUT2D eigenvalue weighted by Crippen LogP contribution is 2.22. The summed E-state index contributed by atoms with van der Waals surface area (Å²) >= 11 is 0.